The average molecular weight is 240 g/mol. The van der Waals surface area contributed by atoms with Crippen molar-refractivity contribution in [3.05, 3.63) is 11.8 Å². The molecule has 1 heterocycles. The first-order valence-electron chi connectivity index (χ1n) is 5.11. The largest absolute Gasteiger partial charge is 0.477 e. The highest BCUT2D eigenvalue weighted by Crippen LogP contribution is 2.13. The number of aryl methyl sites for hydroxylation is 1. The monoisotopic (exact) mass is 240 g/mol. The lowest BCUT2D eigenvalue weighted by Gasteiger charge is -2.10. The number of carboxylic acid groups (broad SMARTS) is 1. The van der Waals surface area contributed by atoms with Crippen molar-refractivity contribution in [2.24, 2.45) is 7.05 Å². The van der Waals surface area contributed by atoms with E-state index in [1.165, 1.54) is 10.9 Å². The number of hydrogen-bond acceptors (Lipinski definition) is 4. The highest BCUT2D eigenvalue weighted by atomic mass is 16.4. The smallest absolute Gasteiger partial charge is 0.341 e. The summed E-state index contributed by atoms with van der Waals surface area (Å²) in [6.07, 6.45) is 1.52. The third kappa shape index (κ3) is 3.56. The van der Waals surface area contributed by atoms with E-state index in [-0.39, 0.29) is 17.3 Å². The lowest BCUT2D eigenvalue weighted by atomic mass is 10.3. The molecule has 0 spiro atoms. The van der Waals surface area contributed by atoms with Crippen LogP contribution in [-0.2, 0) is 11.8 Å². The average Bonchev–Trinajstić information content (AvgIpc) is 2.58. The summed E-state index contributed by atoms with van der Waals surface area (Å²) < 4.78 is 1.33. The molecule has 17 heavy (non-hydrogen) atoms. The molecule has 1 aromatic heterocycles. The van der Waals surface area contributed by atoms with Gasteiger partial charge in [-0.2, -0.15) is 5.10 Å². The molecule has 0 unspecified atom stereocenters. The van der Waals surface area contributed by atoms with E-state index in [2.05, 4.69) is 10.4 Å². The van der Waals surface area contributed by atoms with E-state index >= 15 is 0 Å². The molecule has 1 amide bonds. The molecule has 0 bridgehead atoms. The first-order valence-corrected chi connectivity index (χ1v) is 5.11. The van der Waals surface area contributed by atoms with Crippen LogP contribution in [0.1, 0.15) is 16.8 Å². The van der Waals surface area contributed by atoms with Gasteiger partial charge >= 0.3 is 5.97 Å². The van der Waals surface area contributed by atoms with Gasteiger partial charge in [-0.05, 0) is 14.1 Å². The third-order valence-electron chi connectivity index (χ3n) is 2.21. The number of aromatic nitrogens is 2. The Balaban J connectivity index is 2.71. The number of hydrogen-bond donors (Lipinski definition) is 2. The Kier molecular flexibility index (Phi) is 4.22. The van der Waals surface area contributed by atoms with Crippen LogP contribution < -0.4 is 5.32 Å². The van der Waals surface area contributed by atoms with Crippen LogP contribution in [0.3, 0.4) is 0 Å². The van der Waals surface area contributed by atoms with E-state index in [1.54, 1.807) is 7.05 Å². The van der Waals surface area contributed by atoms with Crippen LogP contribution in [0, 0.1) is 0 Å². The molecule has 2 N–H and O–H groups in total. The van der Waals surface area contributed by atoms with Crippen LogP contribution in [0.15, 0.2) is 6.20 Å². The molecule has 0 aliphatic heterocycles. The van der Waals surface area contributed by atoms with Gasteiger partial charge in [-0.25, -0.2) is 4.79 Å². The SMILES string of the molecule is CN(C)CCC(=O)Nc1c(C(=O)O)cnn1C. The molecule has 7 nitrogen and oxygen atoms in total. The van der Waals surface area contributed by atoms with Crippen LogP contribution in [0.5, 0.6) is 0 Å². The van der Waals surface area contributed by atoms with E-state index in [0.717, 1.165) is 0 Å². The molecule has 0 atom stereocenters. The van der Waals surface area contributed by atoms with Gasteiger partial charge in [-0.15, -0.1) is 0 Å². The number of nitrogens with zero attached hydrogens (tertiary/aromatic N) is 3. The molecule has 0 radical (unpaired) electrons. The lowest BCUT2D eigenvalue weighted by molar-refractivity contribution is -0.116. The fourth-order valence-corrected chi connectivity index (χ4v) is 1.26. The number of anilines is 1. The number of nitrogens with one attached hydrogen (secondary N) is 1. The molecule has 0 aliphatic carbocycles. The quantitative estimate of drug-likeness (QED) is 0.757. The summed E-state index contributed by atoms with van der Waals surface area (Å²) in [7, 11) is 5.30. The second kappa shape index (κ2) is 5.44. The zero-order valence-corrected chi connectivity index (χ0v) is 10.1. The zero-order valence-electron chi connectivity index (χ0n) is 10.1. The minimum absolute atomic E-state index is 0.00861. The van der Waals surface area contributed by atoms with Crippen LogP contribution in [0.2, 0.25) is 0 Å². The molecular weight excluding hydrogens is 224 g/mol. The number of carboxylic acids is 1. The second-order valence-corrected chi connectivity index (χ2v) is 3.94. The third-order valence-corrected chi connectivity index (χ3v) is 2.21. The topological polar surface area (TPSA) is 87.5 Å². The zero-order chi connectivity index (χ0) is 13.0. The Morgan fingerprint density at radius 1 is 1.53 bits per heavy atom. The summed E-state index contributed by atoms with van der Waals surface area (Å²) in [6, 6.07) is 0. The highest BCUT2D eigenvalue weighted by molar-refractivity contribution is 5.99. The fourth-order valence-electron chi connectivity index (χ4n) is 1.26. The van der Waals surface area contributed by atoms with Crippen molar-refractivity contribution in [2.75, 3.05) is 26.0 Å². The maximum Gasteiger partial charge on any atom is 0.341 e. The van der Waals surface area contributed by atoms with E-state index < -0.39 is 5.97 Å². The Morgan fingerprint density at radius 2 is 2.18 bits per heavy atom. The summed E-state index contributed by atoms with van der Waals surface area (Å²) in [6.45, 7) is 0.603. The number of aromatic carboxylic acids is 1. The van der Waals surface area contributed by atoms with E-state index in [1.807, 2.05) is 19.0 Å². The summed E-state index contributed by atoms with van der Waals surface area (Å²) in [4.78, 5) is 24.3. The molecule has 0 saturated heterocycles. The summed E-state index contributed by atoms with van der Waals surface area (Å²) in [5.74, 6) is -1.13. The van der Waals surface area contributed by atoms with Crippen LogP contribution in [0.4, 0.5) is 5.82 Å². The summed E-state index contributed by atoms with van der Waals surface area (Å²) in [5.41, 5.74) is -0.00861. The number of carbonyl (C=O) groups is 2. The van der Waals surface area contributed by atoms with Gasteiger partial charge in [0.05, 0.1) is 6.20 Å². The van der Waals surface area contributed by atoms with Crippen molar-refractivity contribution < 1.29 is 14.7 Å². The van der Waals surface area contributed by atoms with Crippen molar-refractivity contribution in [2.45, 2.75) is 6.42 Å². The van der Waals surface area contributed by atoms with Crippen LogP contribution in [-0.4, -0.2) is 52.3 Å². The second-order valence-electron chi connectivity index (χ2n) is 3.94. The molecule has 1 rings (SSSR count). The van der Waals surface area contributed by atoms with Gasteiger partial charge < -0.3 is 15.3 Å². The number of rotatable bonds is 5. The van der Waals surface area contributed by atoms with Crippen molar-refractivity contribution in [3.63, 3.8) is 0 Å². The van der Waals surface area contributed by atoms with Gasteiger partial charge in [0, 0.05) is 20.0 Å². The predicted octanol–water partition coefficient (Wildman–Crippen LogP) is 0.00850. The molecule has 7 heteroatoms. The van der Waals surface area contributed by atoms with Gasteiger partial charge in [0.2, 0.25) is 5.91 Å². The molecule has 0 fully saturated rings. The highest BCUT2D eigenvalue weighted by Gasteiger charge is 2.16. The normalized spacial score (nSPS) is 10.6. The lowest BCUT2D eigenvalue weighted by Crippen LogP contribution is -2.22. The van der Waals surface area contributed by atoms with Gasteiger partial charge in [-0.3, -0.25) is 9.48 Å². The van der Waals surface area contributed by atoms with E-state index in [0.29, 0.717) is 13.0 Å². The molecule has 0 aliphatic rings. The fraction of sp³-hybridized carbons (Fsp3) is 0.500. The first-order chi connectivity index (χ1) is 7.91. The molecule has 94 valence electrons. The van der Waals surface area contributed by atoms with Crippen molar-refractivity contribution in [3.8, 4) is 0 Å². The molecule has 0 aromatic carbocycles. The van der Waals surface area contributed by atoms with Gasteiger partial charge in [0.1, 0.15) is 11.4 Å². The number of carbonyl (C=O) groups excluding carboxylic acids is 1. The summed E-state index contributed by atoms with van der Waals surface area (Å²) in [5, 5.41) is 15.2. The van der Waals surface area contributed by atoms with E-state index in [9.17, 15) is 9.59 Å². The minimum atomic E-state index is -1.11. The maximum absolute atomic E-state index is 11.6. The molecular formula is C10H16N4O3. The Labute approximate surface area is 99.0 Å². The maximum atomic E-state index is 11.6. The standard InChI is InChI=1S/C10H16N4O3/c1-13(2)5-4-8(15)12-9-7(10(16)17)6-11-14(9)3/h6H,4-5H2,1-3H3,(H,12,15)(H,16,17). The molecule has 0 saturated carbocycles. The number of amides is 1. The van der Waals surface area contributed by atoms with Crippen molar-refractivity contribution in [1.82, 2.24) is 14.7 Å². The Bertz CT molecular complexity index is 425. The Morgan fingerprint density at radius 3 is 2.71 bits per heavy atom. The van der Waals surface area contributed by atoms with Gasteiger partial charge in [0.15, 0.2) is 0 Å². The van der Waals surface area contributed by atoms with Crippen molar-refractivity contribution >= 4 is 17.7 Å². The van der Waals surface area contributed by atoms with E-state index in [4.69, 9.17) is 5.11 Å². The van der Waals surface area contributed by atoms with Crippen LogP contribution in [0.25, 0.3) is 0 Å². The Hall–Kier alpha value is -1.89. The first kappa shape index (κ1) is 13.2. The van der Waals surface area contributed by atoms with Crippen molar-refractivity contribution in [1.29, 1.82) is 0 Å². The predicted molar refractivity (Wildman–Crippen MR) is 62.0 cm³/mol. The van der Waals surface area contributed by atoms with Crippen LogP contribution >= 0.6 is 0 Å². The van der Waals surface area contributed by atoms with Gasteiger partial charge in [0.25, 0.3) is 0 Å². The minimum Gasteiger partial charge on any atom is -0.477 e. The van der Waals surface area contributed by atoms with Gasteiger partial charge in [-0.1, -0.05) is 0 Å². The molecule has 1 aromatic rings. The summed E-state index contributed by atoms with van der Waals surface area (Å²) >= 11 is 0.